The van der Waals surface area contributed by atoms with Gasteiger partial charge in [0.25, 0.3) is 0 Å². The van der Waals surface area contributed by atoms with Crippen LogP contribution in [0.2, 0.25) is 5.02 Å². The van der Waals surface area contributed by atoms with E-state index in [0.29, 0.717) is 18.1 Å². The first-order valence-corrected chi connectivity index (χ1v) is 10.4. The Morgan fingerprint density at radius 2 is 1.73 bits per heavy atom. The number of aromatic nitrogens is 2. The summed E-state index contributed by atoms with van der Waals surface area (Å²) in [5.41, 5.74) is 4.77. The summed E-state index contributed by atoms with van der Waals surface area (Å²) in [6, 6.07) is 17.7. The SMILES string of the molecule is Cc1c(Cl)cccc1NC(=O)N1CCN(c2nc3ccccc3n3cccc23)CC1. The van der Waals surface area contributed by atoms with Crippen LogP contribution in [0.3, 0.4) is 0 Å². The van der Waals surface area contributed by atoms with E-state index in [-0.39, 0.29) is 6.03 Å². The van der Waals surface area contributed by atoms with E-state index in [1.54, 1.807) is 0 Å². The van der Waals surface area contributed by atoms with E-state index in [1.807, 2.05) is 54.3 Å². The van der Waals surface area contributed by atoms with Gasteiger partial charge in [-0.1, -0.05) is 29.8 Å². The van der Waals surface area contributed by atoms with Crippen molar-refractivity contribution in [3.05, 3.63) is 71.4 Å². The number of hydrogen-bond acceptors (Lipinski definition) is 3. The Labute approximate surface area is 179 Å². The number of anilines is 2. The van der Waals surface area contributed by atoms with E-state index in [4.69, 9.17) is 16.6 Å². The van der Waals surface area contributed by atoms with Gasteiger partial charge in [-0.15, -0.1) is 0 Å². The highest BCUT2D eigenvalue weighted by molar-refractivity contribution is 6.31. The van der Waals surface area contributed by atoms with E-state index in [9.17, 15) is 4.79 Å². The molecule has 0 bridgehead atoms. The third-order valence-electron chi connectivity index (χ3n) is 5.72. The molecule has 4 aromatic rings. The Kier molecular flexibility index (Phi) is 4.71. The normalized spacial score (nSPS) is 14.5. The summed E-state index contributed by atoms with van der Waals surface area (Å²) in [4.78, 5) is 21.8. The maximum atomic E-state index is 12.8. The molecule has 30 heavy (non-hydrogen) atoms. The van der Waals surface area contributed by atoms with E-state index in [0.717, 1.165) is 46.7 Å². The minimum atomic E-state index is -0.0979. The van der Waals surface area contributed by atoms with Crippen LogP contribution in [0.25, 0.3) is 16.6 Å². The average Bonchev–Trinajstić information content (AvgIpc) is 3.27. The second-order valence-electron chi connectivity index (χ2n) is 7.50. The maximum Gasteiger partial charge on any atom is 0.321 e. The van der Waals surface area contributed by atoms with Crippen molar-refractivity contribution in [2.45, 2.75) is 6.92 Å². The fraction of sp³-hybridized carbons (Fsp3) is 0.217. The molecule has 0 atom stereocenters. The van der Waals surface area contributed by atoms with Crippen molar-refractivity contribution in [2.75, 3.05) is 36.4 Å². The van der Waals surface area contributed by atoms with E-state index >= 15 is 0 Å². The lowest BCUT2D eigenvalue weighted by atomic mass is 10.2. The van der Waals surface area contributed by atoms with E-state index < -0.39 is 0 Å². The lowest BCUT2D eigenvalue weighted by Gasteiger charge is -2.35. The highest BCUT2D eigenvalue weighted by atomic mass is 35.5. The number of benzene rings is 2. The van der Waals surface area contributed by atoms with Gasteiger partial charge in [0, 0.05) is 43.1 Å². The van der Waals surface area contributed by atoms with Crippen molar-refractivity contribution in [1.82, 2.24) is 14.3 Å². The number of carbonyl (C=O) groups excluding carboxylic acids is 1. The summed E-state index contributed by atoms with van der Waals surface area (Å²) in [6.07, 6.45) is 2.07. The zero-order valence-corrected chi connectivity index (χ0v) is 17.4. The van der Waals surface area contributed by atoms with Crippen LogP contribution in [0, 0.1) is 6.92 Å². The number of nitrogens with one attached hydrogen (secondary N) is 1. The van der Waals surface area contributed by atoms with Crippen molar-refractivity contribution >= 4 is 45.7 Å². The topological polar surface area (TPSA) is 52.9 Å². The number of fused-ring (bicyclic) bond motifs is 3. The molecule has 2 amide bonds. The number of piperazine rings is 1. The predicted molar refractivity (Wildman–Crippen MR) is 122 cm³/mol. The summed E-state index contributed by atoms with van der Waals surface area (Å²) in [7, 11) is 0. The van der Waals surface area contributed by atoms with Gasteiger partial charge in [0.15, 0.2) is 5.82 Å². The van der Waals surface area contributed by atoms with Gasteiger partial charge in [-0.25, -0.2) is 9.78 Å². The number of hydrogen-bond donors (Lipinski definition) is 1. The monoisotopic (exact) mass is 419 g/mol. The molecule has 2 aromatic heterocycles. The molecule has 1 saturated heterocycles. The molecular formula is C23H22ClN5O. The Morgan fingerprint density at radius 1 is 0.967 bits per heavy atom. The van der Waals surface area contributed by atoms with Crippen LogP contribution in [0.15, 0.2) is 60.8 Å². The average molecular weight is 420 g/mol. The summed E-state index contributed by atoms with van der Waals surface area (Å²) in [5, 5.41) is 3.64. The number of carbonyl (C=O) groups is 1. The molecule has 0 spiro atoms. The standard InChI is InChI=1S/C23H22ClN5O/c1-16-17(24)6-4-8-18(16)26-23(30)28-14-12-27(13-15-28)22-21-10-5-11-29(21)20-9-3-2-7-19(20)25-22/h2-11H,12-15H2,1H3,(H,26,30). The second kappa shape index (κ2) is 7.54. The van der Waals surface area contributed by atoms with Gasteiger partial charge in [-0.05, 0) is 48.9 Å². The van der Waals surface area contributed by atoms with Crippen LogP contribution in [0.4, 0.5) is 16.3 Å². The number of rotatable bonds is 2. The fourth-order valence-corrected chi connectivity index (χ4v) is 4.17. The molecule has 0 aliphatic carbocycles. The van der Waals surface area contributed by atoms with Crippen molar-refractivity contribution < 1.29 is 4.79 Å². The molecule has 152 valence electrons. The quantitative estimate of drug-likeness (QED) is 0.507. The summed E-state index contributed by atoms with van der Waals surface area (Å²) >= 11 is 6.17. The molecule has 1 aliphatic heterocycles. The molecule has 6 nitrogen and oxygen atoms in total. The van der Waals surface area contributed by atoms with Crippen LogP contribution in [-0.4, -0.2) is 46.5 Å². The lowest BCUT2D eigenvalue weighted by Crippen LogP contribution is -2.50. The van der Waals surface area contributed by atoms with Crippen LogP contribution >= 0.6 is 11.6 Å². The Balaban J connectivity index is 1.34. The number of amides is 2. The largest absolute Gasteiger partial charge is 0.351 e. The zero-order valence-electron chi connectivity index (χ0n) is 16.7. The van der Waals surface area contributed by atoms with Crippen LogP contribution in [0.5, 0.6) is 0 Å². The predicted octanol–water partition coefficient (Wildman–Crippen LogP) is 4.80. The minimum absolute atomic E-state index is 0.0979. The first-order valence-electron chi connectivity index (χ1n) is 10.0. The van der Waals surface area contributed by atoms with E-state index in [2.05, 4.69) is 32.9 Å². The third kappa shape index (κ3) is 3.23. The van der Waals surface area contributed by atoms with Gasteiger partial charge in [0.2, 0.25) is 0 Å². The van der Waals surface area contributed by atoms with Crippen molar-refractivity contribution in [3.63, 3.8) is 0 Å². The third-order valence-corrected chi connectivity index (χ3v) is 6.13. The first-order chi connectivity index (χ1) is 14.6. The van der Waals surface area contributed by atoms with Gasteiger partial charge in [-0.2, -0.15) is 0 Å². The Bertz CT molecular complexity index is 1240. The second-order valence-corrected chi connectivity index (χ2v) is 7.91. The van der Waals surface area contributed by atoms with Crippen molar-refractivity contribution in [3.8, 4) is 0 Å². The van der Waals surface area contributed by atoms with Gasteiger partial charge >= 0.3 is 6.03 Å². The van der Waals surface area contributed by atoms with E-state index in [1.165, 1.54) is 0 Å². The lowest BCUT2D eigenvalue weighted by molar-refractivity contribution is 0.208. The molecule has 1 N–H and O–H groups in total. The molecular weight excluding hydrogens is 398 g/mol. The summed E-state index contributed by atoms with van der Waals surface area (Å²) in [6.45, 7) is 4.63. The van der Waals surface area contributed by atoms with Crippen molar-refractivity contribution in [2.24, 2.45) is 0 Å². The number of para-hydroxylation sites is 2. The van der Waals surface area contributed by atoms with Crippen LogP contribution in [-0.2, 0) is 0 Å². The van der Waals surface area contributed by atoms with Gasteiger partial charge in [0.1, 0.15) is 0 Å². The molecule has 1 aliphatic rings. The Hall–Kier alpha value is -3.25. The molecule has 0 saturated carbocycles. The zero-order chi connectivity index (χ0) is 20.7. The molecule has 5 rings (SSSR count). The minimum Gasteiger partial charge on any atom is -0.351 e. The van der Waals surface area contributed by atoms with Crippen LogP contribution < -0.4 is 10.2 Å². The number of halogens is 1. The molecule has 7 heteroatoms. The van der Waals surface area contributed by atoms with Gasteiger partial charge in [-0.3, -0.25) is 0 Å². The molecule has 2 aromatic carbocycles. The van der Waals surface area contributed by atoms with Gasteiger partial charge < -0.3 is 19.5 Å². The molecule has 1 fully saturated rings. The molecule has 0 unspecified atom stereocenters. The van der Waals surface area contributed by atoms with Crippen molar-refractivity contribution in [1.29, 1.82) is 0 Å². The number of nitrogens with zero attached hydrogens (tertiary/aromatic N) is 4. The highest BCUT2D eigenvalue weighted by Crippen LogP contribution is 2.27. The summed E-state index contributed by atoms with van der Waals surface area (Å²) < 4.78 is 2.18. The van der Waals surface area contributed by atoms with Crippen LogP contribution in [0.1, 0.15) is 5.56 Å². The fourth-order valence-electron chi connectivity index (χ4n) is 4.00. The smallest absolute Gasteiger partial charge is 0.321 e. The molecule has 3 heterocycles. The number of urea groups is 1. The Morgan fingerprint density at radius 3 is 2.57 bits per heavy atom. The van der Waals surface area contributed by atoms with Gasteiger partial charge in [0.05, 0.1) is 16.6 Å². The summed E-state index contributed by atoms with van der Waals surface area (Å²) in [5.74, 6) is 0.962. The maximum absolute atomic E-state index is 12.8. The highest BCUT2D eigenvalue weighted by Gasteiger charge is 2.24. The first kappa shape index (κ1) is 18.8. The molecule has 0 radical (unpaired) electrons.